The normalized spacial score (nSPS) is 15.9. The van der Waals surface area contributed by atoms with Crippen molar-refractivity contribution in [1.82, 2.24) is 14.5 Å². The van der Waals surface area contributed by atoms with Crippen LogP contribution in [0.4, 0.5) is 0 Å². The zero-order valence-electron chi connectivity index (χ0n) is 12.5. The molecule has 2 rings (SSSR count). The fraction of sp³-hybridized carbons (Fsp3) is 0.733. The Morgan fingerprint density at radius 3 is 2.65 bits per heavy atom. The van der Waals surface area contributed by atoms with Gasteiger partial charge in [0.15, 0.2) is 0 Å². The van der Waals surface area contributed by atoms with Crippen LogP contribution in [-0.2, 0) is 20.6 Å². The van der Waals surface area contributed by atoms with Gasteiger partial charge in [0.25, 0.3) is 5.56 Å². The molecule has 0 bridgehead atoms. The van der Waals surface area contributed by atoms with E-state index < -0.39 is 0 Å². The average molecular weight is 279 g/mol. The standard InChI is InChI=1S/C15H25N3O2/c1-17-11-13(14(19)18(2)15(17)20)10-16-9-5-8-12-6-3-4-7-12/h11-12,16H,3-10H2,1-2H3. The van der Waals surface area contributed by atoms with Gasteiger partial charge in [-0.25, -0.2) is 4.79 Å². The van der Waals surface area contributed by atoms with E-state index in [0.29, 0.717) is 12.1 Å². The van der Waals surface area contributed by atoms with Gasteiger partial charge in [-0.2, -0.15) is 0 Å². The van der Waals surface area contributed by atoms with Gasteiger partial charge in [-0.1, -0.05) is 25.7 Å². The van der Waals surface area contributed by atoms with E-state index >= 15 is 0 Å². The number of rotatable bonds is 6. The number of nitrogens with one attached hydrogen (secondary N) is 1. The van der Waals surface area contributed by atoms with Gasteiger partial charge in [-0.15, -0.1) is 0 Å². The second kappa shape index (κ2) is 6.88. The summed E-state index contributed by atoms with van der Waals surface area (Å²) in [5.41, 5.74) is 0.173. The fourth-order valence-corrected chi connectivity index (χ4v) is 3.04. The van der Waals surface area contributed by atoms with Gasteiger partial charge < -0.3 is 9.88 Å². The maximum Gasteiger partial charge on any atom is 0.330 e. The molecule has 0 unspecified atom stereocenters. The number of hydrogen-bond acceptors (Lipinski definition) is 3. The third-order valence-electron chi connectivity index (χ3n) is 4.27. The van der Waals surface area contributed by atoms with E-state index in [-0.39, 0.29) is 11.2 Å². The summed E-state index contributed by atoms with van der Waals surface area (Å²) >= 11 is 0. The van der Waals surface area contributed by atoms with Crippen LogP contribution >= 0.6 is 0 Å². The SMILES string of the molecule is Cn1cc(CNCCCC2CCCC2)c(=O)n(C)c1=O. The molecule has 1 fully saturated rings. The Balaban J connectivity index is 1.79. The molecule has 20 heavy (non-hydrogen) atoms. The summed E-state index contributed by atoms with van der Waals surface area (Å²) in [5.74, 6) is 0.919. The van der Waals surface area contributed by atoms with E-state index in [9.17, 15) is 9.59 Å². The summed E-state index contributed by atoms with van der Waals surface area (Å²) in [6.45, 7) is 1.47. The summed E-state index contributed by atoms with van der Waals surface area (Å²) in [4.78, 5) is 23.5. The van der Waals surface area contributed by atoms with E-state index in [1.165, 1.54) is 43.7 Å². The highest BCUT2D eigenvalue weighted by Crippen LogP contribution is 2.28. The number of nitrogens with zero attached hydrogens (tertiary/aromatic N) is 2. The third kappa shape index (κ3) is 3.60. The van der Waals surface area contributed by atoms with Crippen LogP contribution in [-0.4, -0.2) is 15.7 Å². The summed E-state index contributed by atoms with van der Waals surface area (Å²) in [6, 6.07) is 0. The van der Waals surface area contributed by atoms with Crippen molar-refractivity contribution in [3.05, 3.63) is 32.6 Å². The molecule has 5 nitrogen and oxygen atoms in total. The lowest BCUT2D eigenvalue weighted by atomic mass is 10.0. The Kier molecular flexibility index (Phi) is 5.17. The van der Waals surface area contributed by atoms with Gasteiger partial charge in [-0.05, 0) is 25.3 Å². The van der Waals surface area contributed by atoms with E-state index in [1.54, 1.807) is 13.2 Å². The first-order valence-corrected chi connectivity index (χ1v) is 7.56. The summed E-state index contributed by atoms with van der Waals surface area (Å²) in [5, 5.41) is 3.31. The molecule has 0 atom stereocenters. The van der Waals surface area contributed by atoms with E-state index in [0.717, 1.165) is 23.5 Å². The largest absolute Gasteiger partial charge is 0.330 e. The van der Waals surface area contributed by atoms with Crippen LogP contribution in [0.3, 0.4) is 0 Å². The lowest BCUT2D eigenvalue weighted by molar-refractivity contribution is 0.469. The maximum absolute atomic E-state index is 11.9. The molecule has 0 amide bonds. The van der Waals surface area contributed by atoms with Gasteiger partial charge in [0.1, 0.15) is 0 Å². The molecule has 0 aromatic carbocycles. The van der Waals surface area contributed by atoms with Gasteiger partial charge in [0, 0.05) is 32.4 Å². The first-order chi connectivity index (χ1) is 9.59. The van der Waals surface area contributed by atoms with Crippen molar-refractivity contribution in [3.8, 4) is 0 Å². The van der Waals surface area contributed by atoms with Gasteiger partial charge >= 0.3 is 5.69 Å². The summed E-state index contributed by atoms with van der Waals surface area (Å²) in [6.07, 6.45) is 9.66. The molecule has 1 aliphatic carbocycles. The Hall–Kier alpha value is -1.36. The molecular formula is C15H25N3O2. The van der Waals surface area contributed by atoms with Crippen LogP contribution < -0.4 is 16.6 Å². The molecule has 0 aliphatic heterocycles. The quantitative estimate of drug-likeness (QED) is 0.795. The van der Waals surface area contributed by atoms with E-state index in [4.69, 9.17) is 0 Å². The highest BCUT2D eigenvalue weighted by Gasteiger charge is 2.14. The maximum atomic E-state index is 11.9. The van der Waals surface area contributed by atoms with Crippen molar-refractivity contribution in [2.24, 2.45) is 20.0 Å². The molecule has 0 radical (unpaired) electrons. The highest BCUT2D eigenvalue weighted by atomic mass is 16.2. The molecule has 1 aromatic rings. The van der Waals surface area contributed by atoms with Crippen LogP contribution in [0, 0.1) is 5.92 Å². The van der Waals surface area contributed by atoms with E-state index in [1.807, 2.05) is 0 Å². The number of hydrogen-bond donors (Lipinski definition) is 1. The smallest absolute Gasteiger partial charge is 0.312 e. The monoisotopic (exact) mass is 279 g/mol. The third-order valence-corrected chi connectivity index (χ3v) is 4.27. The highest BCUT2D eigenvalue weighted by molar-refractivity contribution is 5.05. The molecule has 0 spiro atoms. The molecule has 1 N–H and O–H groups in total. The molecule has 1 aliphatic rings. The van der Waals surface area contributed by atoms with Crippen LogP contribution in [0.2, 0.25) is 0 Å². The van der Waals surface area contributed by atoms with Crippen molar-refractivity contribution >= 4 is 0 Å². The molecule has 1 heterocycles. The van der Waals surface area contributed by atoms with Gasteiger partial charge in [0.05, 0.1) is 0 Å². The lowest BCUT2D eigenvalue weighted by Gasteiger charge is -2.10. The zero-order valence-corrected chi connectivity index (χ0v) is 12.5. The van der Waals surface area contributed by atoms with Crippen molar-refractivity contribution < 1.29 is 0 Å². The second-order valence-electron chi connectivity index (χ2n) is 5.88. The van der Waals surface area contributed by atoms with Crippen LogP contribution in [0.25, 0.3) is 0 Å². The Bertz CT molecular complexity index is 553. The van der Waals surface area contributed by atoms with Crippen molar-refractivity contribution in [2.75, 3.05) is 6.54 Å². The minimum Gasteiger partial charge on any atom is -0.312 e. The van der Waals surface area contributed by atoms with Crippen molar-refractivity contribution in [2.45, 2.75) is 45.1 Å². The number of aromatic nitrogens is 2. The Labute approximate surface area is 119 Å². The summed E-state index contributed by atoms with van der Waals surface area (Å²) < 4.78 is 2.62. The molecule has 5 heteroatoms. The predicted molar refractivity (Wildman–Crippen MR) is 79.8 cm³/mol. The van der Waals surface area contributed by atoms with Crippen molar-refractivity contribution in [1.29, 1.82) is 0 Å². The van der Waals surface area contributed by atoms with Gasteiger partial charge in [0.2, 0.25) is 0 Å². The van der Waals surface area contributed by atoms with Crippen molar-refractivity contribution in [3.63, 3.8) is 0 Å². The molecule has 1 saturated carbocycles. The van der Waals surface area contributed by atoms with Crippen LogP contribution in [0.15, 0.2) is 15.8 Å². The Morgan fingerprint density at radius 2 is 1.95 bits per heavy atom. The average Bonchev–Trinajstić information content (AvgIpc) is 2.94. The molecular weight excluding hydrogens is 254 g/mol. The predicted octanol–water partition coefficient (Wildman–Crippen LogP) is 1.14. The fourth-order valence-electron chi connectivity index (χ4n) is 3.04. The molecule has 112 valence electrons. The number of aryl methyl sites for hydroxylation is 1. The topological polar surface area (TPSA) is 56.0 Å². The van der Waals surface area contributed by atoms with E-state index in [2.05, 4.69) is 5.32 Å². The van der Waals surface area contributed by atoms with Crippen LogP contribution in [0.5, 0.6) is 0 Å². The Morgan fingerprint density at radius 1 is 1.25 bits per heavy atom. The second-order valence-corrected chi connectivity index (χ2v) is 5.88. The molecule has 0 saturated heterocycles. The minimum absolute atomic E-state index is 0.198. The van der Waals surface area contributed by atoms with Gasteiger partial charge in [-0.3, -0.25) is 9.36 Å². The lowest BCUT2D eigenvalue weighted by Crippen LogP contribution is -2.39. The molecule has 1 aromatic heterocycles. The first kappa shape index (κ1) is 15.0. The van der Waals surface area contributed by atoms with Crippen LogP contribution in [0.1, 0.15) is 44.1 Å². The minimum atomic E-state index is -0.278. The summed E-state index contributed by atoms with van der Waals surface area (Å²) in [7, 11) is 3.19. The first-order valence-electron chi connectivity index (χ1n) is 7.56. The zero-order chi connectivity index (χ0) is 14.5.